The van der Waals surface area contributed by atoms with Crippen molar-refractivity contribution in [3.8, 4) is 0 Å². The van der Waals surface area contributed by atoms with Gasteiger partial charge in [-0.25, -0.2) is 0 Å². The van der Waals surface area contributed by atoms with Crippen LogP contribution in [0.3, 0.4) is 0 Å². The van der Waals surface area contributed by atoms with Crippen molar-refractivity contribution in [2.24, 2.45) is 0 Å². The number of carboxylic acids is 1. The van der Waals surface area contributed by atoms with Gasteiger partial charge in [-0.3, -0.25) is 24.4 Å². The number of carboxylic acid groups (broad SMARTS) is 1. The van der Waals surface area contributed by atoms with Crippen LogP contribution in [0, 0.1) is 0 Å². The average molecular weight is 430 g/mol. The second kappa shape index (κ2) is 8.61. The molecule has 0 saturated carbocycles. The lowest BCUT2D eigenvalue weighted by Crippen LogP contribution is -2.63. The predicted molar refractivity (Wildman–Crippen MR) is 90.7 cm³/mol. The Morgan fingerprint density at radius 3 is 2.11 bits per heavy atom. The van der Waals surface area contributed by atoms with Crippen molar-refractivity contribution >= 4 is 31.2 Å². The van der Waals surface area contributed by atoms with E-state index in [2.05, 4.69) is 5.32 Å². The van der Waals surface area contributed by atoms with Crippen LogP contribution >= 0.6 is 19.4 Å². The van der Waals surface area contributed by atoms with Crippen LogP contribution in [0.4, 0.5) is 13.2 Å². The fourth-order valence-electron chi connectivity index (χ4n) is 2.10. The molecular formula is C14H18F3N2O6PS. The first-order chi connectivity index (χ1) is 12.2. The lowest BCUT2D eigenvalue weighted by molar-refractivity contribution is -0.189. The number of benzene rings is 1. The second-order valence-electron chi connectivity index (χ2n) is 5.65. The summed E-state index contributed by atoms with van der Waals surface area (Å²) >= 11 is 0.234. The lowest BCUT2D eigenvalue weighted by atomic mass is 10.4. The van der Waals surface area contributed by atoms with Gasteiger partial charge in [0.25, 0.3) is 4.74 Å². The van der Waals surface area contributed by atoms with E-state index in [4.69, 9.17) is 5.11 Å². The van der Waals surface area contributed by atoms with Gasteiger partial charge in [0.1, 0.15) is 6.54 Å². The molecule has 0 aliphatic heterocycles. The van der Waals surface area contributed by atoms with Crippen molar-refractivity contribution in [3.05, 3.63) is 30.3 Å². The highest BCUT2D eigenvalue weighted by molar-refractivity contribution is 8.06. The van der Waals surface area contributed by atoms with Crippen molar-refractivity contribution < 1.29 is 42.2 Å². The van der Waals surface area contributed by atoms with E-state index >= 15 is 0 Å². The maximum atomic E-state index is 13.1. The van der Waals surface area contributed by atoms with Crippen LogP contribution < -0.4 is 5.32 Å². The summed E-state index contributed by atoms with van der Waals surface area (Å²) in [4.78, 5) is 42.6. The summed E-state index contributed by atoms with van der Waals surface area (Å²) in [5, 5.41) is 11.3. The van der Waals surface area contributed by atoms with Crippen molar-refractivity contribution in [1.29, 1.82) is 0 Å². The highest BCUT2D eigenvalue weighted by atomic mass is 32.2. The quantitative estimate of drug-likeness (QED) is 0.280. The van der Waals surface area contributed by atoms with Gasteiger partial charge in [0.2, 0.25) is 0 Å². The van der Waals surface area contributed by atoms with Crippen molar-refractivity contribution in [2.45, 2.75) is 35.7 Å². The largest absolute Gasteiger partial charge is 0.480 e. The predicted octanol–water partition coefficient (Wildman–Crippen LogP) is 2.04. The summed E-state index contributed by atoms with van der Waals surface area (Å²) in [7, 11) is -5.57. The first-order valence-electron chi connectivity index (χ1n) is 7.38. The third-order valence-electron chi connectivity index (χ3n) is 3.02. The molecule has 1 atom stereocenters. The smallest absolute Gasteiger partial charge is 0.471 e. The van der Waals surface area contributed by atoms with Crippen LogP contribution in [-0.2, 0) is 14.2 Å². The minimum absolute atomic E-state index is 0.110. The van der Waals surface area contributed by atoms with Gasteiger partial charge in [-0.2, -0.15) is 13.2 Å². The van der Waals surface area contributed by atoms with Gasteiger partial charge >= 0.3 is 25.6 Å². The number of halogens is 3. The van der Waals surface area contributed by atoms with Gasteiger partial charge in [0.15, 0.2) is 0 Å². The molecule has 0 aromatic heterocycles. The molecule has 1 amide bonds. The molecule has 0 bridgehead atoms. The first-order valence-corrected chi connectivity index (χ1v) is 9.81. The number of nitrogens with one attached hydrogen (secondary N) is 1. The van der Waals surface area contributed by atoms with Crippen LogP contribution in [0.1, 0.15) is 13.8 Å². The SMILES string of the molecule is CC(C)NC(Sc1ccccc1)(N(CC(=O)O)C(=O)C(F)(F)F)P(=O)(O)O. The van der Waals surface area contributed by atoms with Crippen molar-refractivity contribution in [3.63, 3.8) is 0 Å². The number of hydrogen-bond acceptors (Lipinski definition) is 5. The molecule has 1 aromatic carbocycles. The monoisotopic (exact) mass is 430 g/mol. The van der Waals surface area contributed by atoms with Gasteiger partial charge in [-0.05, 0) is 26.0 Å². The van der Waals surface area contributed by atoms with Crippen LogP contribution in [0.5, 0.6) is 0 Å². The Kier molecular flexibility index (Phi) is 7.48. The number of amides is 1. The first kappa shape index (κ1) is 23.4. The standard InChI is InChI=1S/C14H18F3N2O6PS/c1-9(2)18-14(26(23,24)25,27-10-6-4-3-5-7-10)19(8-11(20)21)12(22)13(15,16)17/h3-7,9,18H,8H2,1-2H3,(H,20,21)(H2,23,24,25). The van der Waals surface area contributed by atoms with Gasteiger partial charge < -0.3 is 14.9 Å². The molecule has 152 valence electrons. The molecule has 0 aliphatic rings. The molecule has 0 fully saturated rings. The molecule has 13 heteroatoms. The number of thioether (sulfide) groups is 1. The molecule has 27 heavy (non-hydrogen) atoms. The van der Waals surface area contributed by atoms with Gasteiger partial charge in [0, 0.05) is 10.9 Å². The van der Waals surface area contributed by atoms with E-state index in [1.165, 1.54) is 38.1 Å². The summed E-state index contributed by atoms with van der Waals surface area (Å²) in [5.41, 5.74) is 0. The van der Waals surface area contributed by atoms with Crippen LogP contribution in [0.2, 0.25) is 0 Å². The highest BCUT2D eigenvalue weighted by Gasteiger charge is 2.60. The summed E-state index contributed by atoms with van der Waals surface area (Å²) in [6, 6.07) is 6.40. The molecule has 1 aromatic rings. The zero-order valence-electron chi connectivity index (χ0n) is 14.2. The van der Waals surface area contributed by atoms with Gasteiger partial charge in [-0.1, -0.05) is 30.0 Å². The molecule has 0 saturated heterocycles. The number of rotatable bonds is 8. The molecule has 0 heterocycles. The number of carbonyl (C=O) groups excluding carboxylic acids is 1. The highest BCUT2D eigenvalue weighted by Crippen LogP contribution is 2.59. The Bertz CT molecular complexity index is 727. The fraction of sp³-hybridized carbons (Fsp3) is 0.429. The van der Waals surface area contributed by atoms with E-state index < -0.39 is 43.0 Å². The van der Waals surface area contributed by atoms with Crippen LogP contribution in [0.15, 0.2) is 35.2 Å². The van der Waals surface area contributed by atoms with E-state index in [-0.39, 0.29) is 21.6 Å². The van der Waals surface area contributed by atoms with Crippen LogP contribution in [0.25, 0.3) is 0 Å². The summed E-state index contributed by atoms with van der Waals surface area (Å²) in [5.74, 6) is -4.56. The van der Waals surface area contributed by atoms with E-state index in [9.17, 15) is 37.1 Å². The maximum absolute atomic E-state index is 13.1. The molecule has 0 spiro atoms. The van der Waals surface area contributed by atoms with Gasteiger partial charge in [0.05, 0.1) is 0 Å². The maximum Gasteiger partial charge on any atom is 0.471 e. The number of alkyl halides is 3. The molecule has 0 aliphatic carbocycles. The number of hydrogen-bond donors (Lipinski definition) is 4. The molecular weight excluding hydrogens is 412 g/mol. The fourth-order valence-corrected chi connectivity index (χ4v) is 4.97. The number of carbonyl (C=O) groups is 2. The molecule has 8 nitrogen and oxygen atoms in total. The van der Waals surface area contributed by atoms with E-state index in [0.717, 1.165) is 0 Å². The lowest BCUT2D eigenvalue weighted by Gasteiger charge is -2.44. The molecule has 1 rings (SSSR count). The average Bonchev–Trinajstić information content (AvgIpc) is 2.49. The minimum atomic E-state index is -5.57. The third kappa shape index (κ3) is 5.94. The van der Waals surface area contributed by atoms with E-state index in [1.807, 2.05) is 0 Å². The van der Waals surface area contributed by atoms with E-state index in [1.54, 1.807) is 6.07 Å². The minimum Gasteiger partial charge on any atom is -0.480 e. The normalized spacial score (nSPS) is 14.7. The zero-order chi connectivity index (χ0) is 21.0. The third-order valence-corrected chi connectivity index (χ3v) is 6.30. The molecule has 1 unspecified atom stereocenters. The van der Waals surface area contributed by atoms with Crippen LogP contribution in [-0.4, -0.2) is 55.2 Å². The molecule has 0 radical (unpaired) electrons. The van der Waals surface area contributed by atoms with Gasteiger partial charge in [-0.15, -0.1) is 0 Å². The van der Waals surface area contributed by atoms with Crippen molar-refractivity contribution in [1.82, 2.24) is 10.2 Å². The zero-order valence-corrected chi connectivity index (χ0v) is 15.9. The summed E-state index contributed by atoms with van der Waals surface area (Å²) < 4.78 is 48.5. The Balaban J connectivity index is 3.69. The number of nitrogens with zero attached hydrogens (tertiary/aromatic N) is 1. The second-order valence-corrected chi connectivity index (χ2v) is 8.95. The molecule has 4 N–H and O–H groups in total. The number of aliphatic carboxylic acids is 1. The van der Waals surface area contributed by atoms with Crippen molar-refractivity contribution in [2.75, 3.05) is 6.54 Å². The Morgan fingerprint density at radius 1 is 1.22 bits per heavy atom. The Hall–Kier alpha value is -1.59. The Labute approximate surface area is 156 Å². The Morgan fingerprint density at radius 2 is 1.74 bits per heavy atom. The summed E-state index contributed by atoms with van der Waals surface area (Å²) in [6.07, 6.45) is -5.55. The summed E-state index contributed by atoms with van der Waals surface area (Å²) in [6.45, 7) is 1.18. The van der Waals surface area contributed by atoms with E-state index in [0.29, 0.717) is 0 Å². The topological polar surface area (TPSA) is 127 Å².